The largest absolute Gasteiger partial charge is 0.497 e. The number of aromatic nitrogens is 4. The summed E-state index contributed by atoms with van der Waals surface area (Å²) in [5, 5.41) is 13.3. The number of sulfonamides is 1. The molecule has 0 atom stereocenters. The first-order chi connectivity index (χ1) is 19.8. The third kappa shape index (κ3) is 6.65. The summed E-state index contributed by atoms with van der Waals surface area (Å²) in [5.41, 5.74) is 2.57. The Balaban J connectivity index is 1.44. The molecule has 0 saturated heterocycles. The molecule has 0 saturated carbocycles. The lowest BCUT2D eigenvalue weighted by atomic mass is 10.2. The summed E-state index contributed by atoms with van der Waals surface area (Å²) in [7, 11) is -1.09. The Hall–Kier alpha value is -5.30. The summed E-state index contributed by atoms with van der Waals surface area (Å²) < 4.78 is 40.2. The van der Waals surface area contributed by atoms with Crippen LogP contribution in [0.1, 0.15) is 5.56 Å². The quantitative estimate of drug-likeness (QED) is 0.222. The number of rotatable bonds is 10. The molecule has 1 amide bonds. The molecule has 13 heteroatoms. The number of carbonyl (C=O) groups excluding carboxylic acids is 1. The van der Waals surface area contributed by atoms with E-state index < -0.39 is 10.0 Å². The number of hydrogen-bond donors (Lipinski definition) is 3. The van der Waals surface area contributed by atoms with Gasteiger partial charge in [-0.15, -0.1) is 0 Å². The molecule has 0 aliphatic rings. The van der Waals surface area contributed by atoms with E-state index in [1.54, 1.807) is 48.5 Å². The van der Waals surface area contributed by atoms with Crippen LogP contribution >= 0.6 is 0 Å². The van der Waals surface area contributed by atoms with Gasteiger partial charge < -0.3 is 20.1 Å². The van der Waals surface area contributed by atoms with Crippen molar-refractivity contribution in [3.63, 3.8) is 0 Å². The molecule has 5 aromatic rings. The normalized spacial score (nSPS) is 11.1. The van der Waals surface area contributed by atoms with Crippen molar-refractivity contribution in [3.05, 3.63) is 90.8 Å². The molecule has 0 fully saturated rings. The molecular formula is C28H25N7O5S. The maximum Gasteiger partial charge on any atom is 0.263 e. The van der Waals surface area contributed by atoms with Crippen molar-refractivity contribution in [3.8, 4) is 11.5 Å². The molecule has 0 aliphatic heterocycles. The molecule has 0 bridgehead atoms. The van der Waals surface area contributed by atoms with E-state index in [0.29, 0.717) is 39.5 Å². The molecule has 0 spiro atoms. The van der Waals surface area contributed by atoms with Crippen LogP contribution in [0.5, 0.6) is 11.5 Å². The first-order valence-corrected chi connectivity index (χ1v) is 13.8. The van der Waals surface area contributed by atoms with Gasteiger partial charge in [0.1, 0.15) is 11.5 Å². The lowest BCUT2D eigenvalue weighted by molar-refractivity contribution is -0.115. The van der Waals surface area contributed by atoms with Gasteiger partial charge in [0.05, 0.1) is 42.8 Å². The lowest BCUT2D eigenvalue weighted by Crippen LogP contribution is -2.17. The van der Waals surface area contributed by atoms with E-state index in [2.05, 4.69) is 35.5 Å². The molecule has 208 valence electrons. The van der Waals surface area contributed by atoms with Gasteiger partial charge in [-0.05, 0) is 42.0 Å². The van der Waals surface area contributed by atoms with Gasteiger partial charge in [0.15, 0.2) is 11.6 Å². The fourth-order valence-electron chi connectivity index (χ4n) is 3.92. The van der Waals surface area contributed by atoms with E-state index >= 15 is 0 Å². The Kier molecular flexibility index (Phi) is 7.87. The van der Waals surface area contributed by atoms with Crippen LogP contribution in [0.4, 0.5) is 23.0 Å². The van der Waals surface area contributed by atoms with Crippen molar-refractivity contribution >= 4 is 50.0 Å². The zero-order valence-corrected chi connectivity index (χ0v) is 22.8. The smallest absolute Gasteiger partial charge is 0.263 e. The first kappa shape index (κ1) is 27.3. The number of amides is 1. The van der Waals surface area contributed by atoms with Crippen LogP contribution in [0.3, 0.4) is 0 Å². The van der Waals surface area contributed by atoms with Gasteiger partial charge in [-0.25, -0.2) is 18.4 Å². The van der Waals surface area contributed by atoms with E-state index in [1.165, 1.54) is 44.8 Å². The highest BCUT2D eigenvalue weighted by atomic mass is 32.2. The molecular weight excluding hydrogens is 546 g/mol. The standard InChI is InChI=1S/C28H25N7O5S/c1-39-21-13-20(14-22(16-21)40-2)32-27-28(34-25-9-4-3-8-24(25)33-27)35-41(37,38)23-7-5-6-19(15-23)31-26(36)12-18-10-11-29-30-17-18/h3-11,13-17H,12H2,1-2H3,(H,31,36)(H,32,33)(H,34,35). The molecule has 3 aromatic carbocycles. The maximum absolute atomic E-state index is 13.5. The minimum Gasteiger partial charge on any atom is -0.497 e. The van der Waals surface area contributed by atoms with Gasteiger partial charge in [-0.2, -0.15) is 10.2 Å². The van der Waals surface area contributed by atoms with E-state index in [9.17, 15) is 13.2 Å². The van der Waals surface area contributed by atoms with Crippen LogP contribution < -0.4 is 24.8 Å². The SMILES string of the molecule is COc1cc(Nc2nc3ccccc3nc2NS(=O)(=O)c2cccc(NC(=O)Cc3ccnnc3)c2)cc(OC)c1. The molecule has 5 rings (SSSR count). The number of carbonyl (C=O) groups is 1. The Bertz CT molecular complexity index is 1800. The predicted molar refractivity (Wildman–Crippen MR) is 154 cm³/mol. The van der Waals surface area contributed by atoms with Crippen LogP contribution in [-0.2, 0) is 21.2 Å². The topological polar surface area (TPSA) is 157 Å². The van der Waals surface area contributed by atoms with Gasteiger partial charge in [0.25, 0.3) is 10.0 Å². The lowest BCUT2D eigenvalue weighted by Gasteiger charge is -2.15. The number of ether oxygens (including phenoxy) is 2. The Morgan fingerprint density at radius 2 is 1.51 bits per heavy atom. The number of methoxy groups -OCH3 is 2. The minimum atomic E-state index is -4.15. The molecule has 0 aliphatic carbocycles. The number of nitrogens with one attached hydrogen (secondary N) is 3. The third-order valence-corrected chi connectivity index (χ3v) is 7.19. The molecule has 41 heavy (non-hydrogen) atoms. The monoisotopic (exact) mass is 571 g/mol. The summed E-state index contributed by atoms with van der Waals surface area (Å²) in [4.78, 5) is 21.6. The first-order valence-electron chi connectivity index (χ1n) is 12.3. The molecule has 12 nitrogen and oxygen atoms in total. The number of nitrogens with zero attached hydrogens (tertiary/aromatic N) is 4. The highest BCUT2D eigenvalue weighted by molar-refractivity contribution is 7.92. The molecule has 2 aromatic heterocycles. The number of anilines is 4. The third-order valence-electron chi connectivity index (χ3n) is 5.85. The van der Waals surface area contributed by atoms with Crippen LogP contribution in [0.15, 0.2) is 90.1 Å². The van der Waals surface area contributed by atoms with Crippen LogP contribution in [0, 0.1) is 0 Å². The van der Waals surface area contributed by atoms with Crippen molar-refractivity contribution in [2.75, 3.05) is 29.6 Å². The fourth-order valence-corrected chi connectivity index (χ4v) is 4.97. The summed E-state index contributed by atoms with van der Waals surface area (Å²) in [6.07, 6.45) is 3.04. The second kappa shape index (κ2) is 11.8. The minimum absolute atomic E-state index is 0.0230. The number of hydrogen-bond acceptors (Lipinski definition) is 10. The summed E-state index contributed by atoms with van der Waals surface area (Å²) in [5.74, 6) is 0.868. The molecule has 2 heterocycles. The summed E-state index contributed by atoms with van der Waals surface area (Å²) in [6, 6.07) is 19.8. The van der Waals surface area contributed by atoms with Gasteiger partial charge in [-0.1, -0.05) is 18.2 Å². The van der Waals surface area contributed by atoms with E-state index in [-0.39, 0.29) is 28.9 Å². The van der Waals surface area contributed by atoms with Crippen molar-refractivity contribution in [1.82, 2.24) is 20.2 Å². The average Bonchev–Trinajstić information content (AvgIpc) is 2.97. The van der Waals surface area contributed by atoms with Gasteiger partial charge in [0, 0.05) is 35.8 Å². The Morgan fingerprint density at radius 3 is 2.17 bits per heavy atom. The van der Waals surface area contributed by atoms with Gasteiger partial charge in [0.2, 0.25) is 5.91 Å². The van der Waals surface area contributed by atoms with E-state index in [4.69, 9.17) is 9.47 Å². The van der Waals surface area contributed by atoms with Crippen molar-refractivity contribution in [2.24, 2.45) is 0 Å². The Labute approximate surface area is 235 Å². The number of benzene rings is 3. The van der Waals surface area contributed by atoms with E-state index in [0.717, 1.165) is 0 Å². The predicted octanol–water partition coefficient (Wildman–Crippen LogP) is 4.16. The average molecular weight is 572 g/mol. The highest BCUT2D eigenvalue weighted by Gasteiger charge is 2.20. The molecule has 0 unspecified atom stereocenters. The molecule has 0 radical (unpaired) electrons. The number of para-hydroxylation sites is 2. The van der Waals surface area contributed by atoms with Crippen LogP contribution in [-0.4, -0.2) is 48.7 Å². The molecule has 3 N–H and O–H groups in total. The zero-order valence-electron chi connectivity index (χ0n) is 22.0. The highest BCUT2D eigenvalue weighted by Crippen LogP contribution is 2.31. The number of fused-ring (bicyclic) bond motifs is 1. The zero-order chi connectivity index (χ0) is 28.8. The van der Waals surface area contributed by atoms with Gasteiger partial charge >= 0.3 is 0 Å². The fraction of sp³-hybridized carbons (Fsp3) is 0.107. The second-order valence-corrected chi connectivity index (χ2v) is 10.4. The van der Waals surface area contributed by atoms with Crippen molar-refractivity contribution in [1.29, 1.82) is 0 Å². The van der Waals surface area contributed by atoms with Crippen LogP contribution in [0.25, 0.3) is 11.0 Å². The summed E-state index contributed by atoms with van der Waals surface area (Å²) >= 11 is 0. The summed E-state index contributed by atoms with van der Waals surface area (Å²) in [6.45, 7) is 0. The Morgan fingerprint density at radius 1 is 0.805 bits per heavy atom. The van der Waals surface area contributed by atoms with Crippen molar-refractivity contribution < 1.29 is 22.7 Å². The van der Waals surface area contributed by atoms with E-state index in [1.807, 2.05) is 6.07 Å². The van der Waals surface area contributed by atoms with Crippen LogP contribution in [0.2, 0.25) is 0 Å². The van der Waals surface area contributed by atoms with Crippen molar-refractivity contribution in [2.45, 2.75) is 11.3 Å². The second-order valence-electron chi connectivity index (χ2n) is 8.74. The van der Waals surface area contributed by atoms with Gasteiger partial charge in [-0.3, -0.25) is 9.52 Å². The maximum atomic E-state index is 13.5.